The van der Waals surface area contributed by atoms with Crippen LogP contribution >= 0.6 is 11.3 Å². The summed E-state index contributed by atoms with van der Waals surface area (Å²) in [4.78, 5) is 37.9. The van der Waals surface area contributed by atoms with E-state index in [4.69, 9.17) is 14.5 Å². The quantitative estimate of drug-likeness (QED) is 0.244. The molecular weight excluding hydrogens is 494 g/mol. The summed E-state index contributed by atoms with van der Waals surface area (Å²) in [5.41, 5.74) is 1.89. The van der Waals surface area contributed by atoms with Gasteiger partial charge in [0, 0.05) is 30.9 Å². The summed E-state index contributed by atoms with van der Waals surface area (Å²) in [7, 11) is 0. The van der Waals surface area contributed by atoms with Gasteiger partial charge in [-0.1, -0.05) is 23.5 Å². The van der Waals surface area contributed by atoms with Gasteiger partial charge in [-0.15, -0.1) is 0 Å². The van der Waals surface area contributed by atoms with E-state index in [9.17, 15) is 14.9 Å². The molecule has 0 radical (unpaired) electrons. The summed E-state index contributed by atoms with van der Waals surface area (Å²) >= 11 is 1.35. The number of thiazole rings is 1. The average Bonchev–Trinajstić information content (AvgIpc) is 3.37. The van der Waals surface area contributed by atoms with Crippen LogP contribution in [0.15, 0.2) is 60.8 Å². The number of amides is 1. The molecule has 1 amide bonds. The highest BCUT2D eigenvalue weighted by Gasteiger charge is 2.27. The van der Waals surface area contributed by atoms with Gasteiger partial charge in [-0.3, -0.25) is 24.8 Å². The Kier molecular flexibility index (Phi) is 7.24. The van der Waals surface area contributed by atoms with E-state index in [-0.39, 0.29) is 17.8 Å². The van der Waals surface area contributed by atoms with Gasteiger partial charge in [0.25, 0.3) is 11.6 Å². The molecule has 37 heavy (non-hydrogen) atoms. The third-order valence-electron chi connectivity index (χ3n) is 5.96. The topological polar surface area (TPSA) is 111 Å². The minimum atomic E-state index is -0.448. The fourth-order valence-electron chi connectivity index (χ4n) is 4.21. The van der Waals surface area contributed by atoms with Gasteiger partial charge in [0.1, 0.15) is 17.0 Å². The Morgan fingerprint density at radius 1 is 1.19 bits per heavy atom. The van der Waals surface area contributed by atoms with Crippen molar-refractivity contribution in [3.8, 4) is 5.75 Å². The van der Waals surface area contributed by atoms with Gasteiger partial charge in [-0.2, -0.15) is 0 Å². The summed E-state index contributed by atoms with van der Waals surface area (Å²) < 4.78 is 12.0. The largest absolute Gasteiger partial charge is 0.492 e. The number of pyridine rings is 1. The van der Waals surface area contributed by atoms with Crippen molar-refractivity contribution in [1.82, 2.24) is 9.97 Å². The highest BCUT2D eigenvalue weighted by Crippen LogP contribution is 2.36. The van der Waals surface area contributed by atoms with E-state index in [0.717, 1.165) is 4.70 Å². The second kappa shape index (κ2) is 10.9. The lowest BCUT2D eigenvalue weighted by molar-refractivity contribution is -0.384. The Hall–Kier alpha value is -4.09. The van der Waals surface area contributed by atoms with Crippen molar-refractivity contribution in [1.29, 1.82) is 0 Å². The Labute approximate surface area is 217 Å². The molecule has 1 aliphatic rings. The van der Waals surface area contributed by atoms with Crippen LogP contribution < -0.4 is 14.5 Å². The standard InChI is InChI=1S/C26H25N5O5S/c1-2-36-22-7-5-8-23-24(22)28-26(37-23)30(17-19-6-3-4-11-27-19)25(32)18-9-10-20(21(16-18)31(33)34)29-12-14-35-15-13-29/h3-11,16H,2,12-15,17H2,1H3. The zero-order valence-corrected chi connectivity index (χ0v) is 21.0. The van der Waals surface area contributed by atoms with Gasteiger partial charge in [0.05, 0.1) is 41.7 Å². The number of nitrogens with zero attached hydrogens (tertiary/aromatic N) is 5. The predicted octanol–water partition coefficient (Wildman–Crippen LogP) is 4.68. The predicted molar refractivity (Wildman–Crippen MR) is 142 cm³/mol. The minimum absolute atomic E-state index is 0.117. The molecular formula is C26H25N5O5S. The van der Waals surface area contributed by atoms with Crippen molar-refractivity contribution in [3.63, 3.8) is 0 Å². The normalized spacial score (nSPS) is 13.5. The first kappa shape index (κ1) is 24.6. The molecule has 0 saturated carbocycles. The molecule has 0 unspecified atom stereocenters. The fraction of sp³-hybridized carbons (Fsp3) is 0.269. The van der Waals surface area contributed by atoms with Gasteiger partial charge < -0.3 is 14.4 Å². The fourth-order valence-corrected chi connectivity index (χ4v) is 5.19. The van der Waals surface area contributed by atoms with E-state index < -0.39 is 10.8 Å². The van der Waals surface area contributed by atoms with Gasteiger partial charge in [0.15, 0.2) is 5.13 Å². The minimum Gasteiger partial charge on any atom is -0.492 e. The molecule has 0 spiro atoms. The molecule has 3 heterocycles. The van der Waals surface area contributed by atoms with E-state index in [1.165, 1.54) is 22.3 Å². The first-order valence-electron chi connectivity index (χ1n) is 11.9. The Balaban J connectivity index is 1.55. The molecule has 0 atom stereocenters. The lowest BCUT2D eigenvalue weighted by Gasteiger charge is -2.28. The highest BCUT2D eigenvalue weighted by molar-refractivity contribution is 7.22. The van der Waals surface area contributed by atoms with Crippen molar-refractivity contribution in [2.24, 2.45) is 0 Å². The summed E-state index contributed by atoms with van der Waals surface area (Å²) in [6.07, 6.45) is 1.66. The number of nitro groups is 1. The lowest BCUT2D eigenvalue weighted by Crippen LogP contribution is -2.36. The molecule has 0 aliphatic carbocycles. The number of nitro benzene ring substituents is 1. The molecule has 2 aromatic heterocycles. The van der Waals surface area contributed by atoms with Gasteiger partial charge in [0.2, 0.25) is 0 Å². The maximum atomic E-state index is 13.9. The number of para-hydroxylation sites is 1. The van der Waals surface area contributed by atoms with Gasteiger partial charge in [-0.25, -0.2) is 4.98 Å². The van der Waals surface area contributed by atoms with Crippen LogP contribution in [0.5, 0.6) is 5.75 Å². The van der Waals surface area contributed by atoms with Crippen molar-refractivity contribution < 1.29 is 19.2 Å². The van der Waals surface area contributed by atoms with Crippen LogP contribution in [-0.2, 0) is 11.3 Å². The van der Waals surface area contributed by atoms with Crippen LogP contribution in [0.1, 0.15) is 23.0 Å². The highest BCUT2D eigenvalue weighted by atomic mass is 32.1. The third-order valence-corrected chi connectivity index (χ3v) is 7.01. The van der Waals surface area contributed by atoms with Crippen LogP contribution in [-0.4, -0.2) is 53.7 Å². The number of benzene rings is 2. The Morgan fingerprint density at radius 2 is 2.03 bits per heavy atom. The number of carbonyl (C=O) groups excluding carboxylic acids is 1. The van der Waals surface area contributed by atoms with Crippen LogP contribution in [0.4, 0.5) is 16.5 Å². The lowest BCUT2D eigenvalue weighted by atomic mass is 10.1. The summed E-state index contributed by atoms with van der Waals surface area (Å²) in [6, 6.07) is 15.7. The first-order chi connectivity index (χ1) is 18.0. The maximum Gasteiger partial charge on any atom is 0.293 e. The van der Waals surface area contributed by atoms with E-state index in [1.54, 1.807) is 24.4 Å². The van der Waals surface area contributed by atoms with E-state index in [0.29, 0.717) is 60.7 Å². The molecule has 0 N–H and O–H groups in total. The third kappa shape index (κ3) is 5.23. The van der Waals surface area contributed by atoms with Crippen LogP contribution in [0.3, 0.4) is 0 Å². The van der Waals surface area contributed by atoms with Crippen molar-refractivity contribution in [2.75, 3.05) is 42.7 Å². The molecule has 11 heteroatoms. The van der Waals surface area contributed by atoms with Crippen molar-refractivity contribution in [2.45, 2.75) is 13.5 Å². The smallest absolute Gasteiger partial charge is 0.293 e. The molecule has 10 nitrogen and oxygen atoms in total. The van der Waals surface area contributed by atoms with E-state index >= 15 is 0 Å². The maximum absolute atomic E-state index is 13.9. The monoisotopic (exact) mass is 519 g/mol. The van der Waals surface area contributed by atoms with Crippen LogP contribution in [0.2, 0.25) is 0 Å². The number of rotatable bonds is 8. The zero-order valence-electron chi connectivity index (χ0n) is 20.2. The van der Waals surface area contributed by atoms with Crippen LogP contribution in [0.25, 0.3) is 10.2 Å². The number of aromatic nitrogens is 2. The zero-order chi connectivity index (χ0) is 25.8. The van der Waals surface area contributed by atoms with Crippen molar-refractivity contribution in [3.05, 3.63) is 82.2 Å². The van der Waals surface area contributed by atoms with Gasteiger partial charge >= 0.3 is 0 Å². The molecule has 1 aliphatic heterocycles. The molecule has 2 aromatic carbocycles. The molecule has 190 valence electrons. The number of anilines is 2. The number of fused-ring (bicyclic) bond motifs is 1. The molecule has 5 rings (SSSR count). The Morgan fingerprint density at radius 3 is 2.76 bits per heavy atom. The second-order valence-electron chi connectivity index (χ2n) is 8.30. The Bertz CT molecular complexity index is 1420. The van der Waals surface area contributed by atoms with Gasteiger partial charge in [-0.05, 0) is 43.3 Å². The van der Waals surface area contributed by atoms with Crippen LogP contribution in [0, 0.1) is 10.1 Å². The number of hydrogen-bond acceptors (Lipinski definition) is 9. The number of hydrogen-bond donors (Lipinski definition) is 0. The summed E-state index contributed by atoms with van der Waals surface area (Å²) in [6.45, 7) is 4.64. The molecule has 1 saturated heterocycles. The SMILES string of the molecule is CCOc1cccc2sc(N(Cc3ccccn3)C(=O)c3ccc(N4CCOCC4)c([N+](=O)[O-])c3)nc12. The van der Waals surface area contributed by atoms with E-state index in [1.807, 2.05) is 42.2 Å². The summed E-state index contributed by atoms with van der Waals surface area (Å²) in [5, 5.41) is 12.4. The number of carbonyl (C=O) groups is 1. The second-order valence-corrected chi connectivity index (χ2v) is 9.31. The van der Waals surface area contributed by atoms with E-state index in [2.05, 4.69) is 4.98 Å². The van der Waals surface area contributed by atoms with Crippen molar-refractivity contribution >= 4 is 44.0 Å². The molecule has 1 fully saturated rings. The number of morpholine rings is 1. The first-order valence-corrected chi connectivity index (χ1v) is 12.7. The molecule has 0 bridgehead atoms. The average molecular weight is 520 g/mol. The number of ether oxygens (including phenoxy) is 2. The molecule has 4 aromatic rings. The summed E-state index contributed by atoms with van der Waals surface area (Å²) in [5.74, 6) is 0.234.